The van der Waals surface area contributed by atoms with Gasteiger partial charge in [-0.15, -0.1) is 0 Å². The molecule has 0 N–H and O–H groups in total. The van der Waals surface area contributed by atoms with Crippen LogP contribution in [0.15, 0.2) is 79.0 Å². The van der Waals surface area contributed by atoms with Gasteiger partial charge in [-0.25, -0.2) is 4.57 Å². The number of fused-ring (bicyclic) bond motifs is 1. The molecule has 188 valence electrons. The molecule has 0 aliphatic heterocycles. The van der Waals surface area contributed by atoms with Crippen molar-refractivity contribution in [2.75, 3.05) is 0 Å². The summed E-state index contributed by atoms with van der Waals surface area (Å²) in [5.41, 5.74) is 11.3. The maximum Gasteiger partial charge on any atom is 0.360 e. The van der Waals surface area contributed by atoms with Gasteiger partial charge in [-0.2, -0.15) is 13.7 Å². The number of hydrogen-bond acceptors (Lipinski definition) is 0. The molecular weight excluding hydrogens is 452 g/mol. The van der Waals surface area contributed by atoms with Crippen molar-refractivity contribution in [2.45, 2.75) is 46.5 Å². The predicted molar refractivity (Wildman–Crippen MR) is 151 cm³/mol. The van der Waals surface area contributed by atoms with Gasteiger partial charge in [0, 0.05) is 35.4 Å². The van der Waals surface area contributed by atoms with E-state index in [1.54, 1.807) is 0 Å². The summed E-state index contributed by atoms with van der Waals surface area (Å²) in [4.78, 5) is 0. The molecule has 5 aromatic rings. The average Bonchev–Trinajstić information content (AvgIpc) is 3.17. The summed E-state index contributed by atoms with van der Waals surface area (Å²) in [6, 6.07) is 26.7. The third-order valence-electron chi connectivity index (χ3n) is 7.61. The number of benzene rings is 2. The fraction of sp³-hybridized carbons (Fsp3) is 0.303. The molecule has 0 atom stereocenters. The highest BCUT2D eigenvalue weighted by molar-refractivity contribution is 5.79. The molecule has 0 bridgehead atoms. The zero-order valence-electron chi connectivity index (χ0n) is 23.4. The van der Waals surface area contributed by atoms with Gasteiger partial charge >= 0.3 is 5.82 Å². The first-order valence-corrected chi connectivity index (χ1v) is 13.3. The maximum atomic E-state index is 2.51. The number of imidazole rings is 1. The summed E-state index contributed by atoms with van der Waals surface area (Å²) in [5, 5.41) is 0. The summed E-state index contributed by atoms with van der Waals surface area (Å²) in [6.07, 6.45) is 2.14. The number of aromatic nitrogens is 4. The first kappa shape index (κ1) is 24.9. The fourth-order valence-electron chi connectivity index (χ4n) is 5.59. The van der Waals surface area contributed by atoms with E-state index in [1.807, 2.05) is 0 Å². The summed E-state index contributed by atoms with van der Waals surface area (Å²) < 4.78 is 9.40. The van der Waals surface area contributed by atoms with Gasteiger partial charge in [0.25, 0.3) is 17.1 Å². The molecule has 0 radical (unpaired) electrons. The van der Waals surface area contributed by atoms with Gasteiger partial charge in [0.05, 0.1) is 7.05 Å². The number of aryl methyl sites for hydroxylation is 3. The van der Waals surface area contributed by atoms with Crippen LogP contribution in [-0.2, 0) is 21.1 Å². The summed E-state index contributed by atoms with van der Waals surface area (Å²) in [5.74, 6) is 1.98. The molecule has 37 heavy (non-hydrogen) atoms. The second-order valence-corrected chi connectivity index (χ2v) is 10.9. The molecule has 0 unspecified atom stereocenters. The quantitative estimate of drug-likeness (QED) is 0.269. The Hall–Kier alpha value is -3.79. The Balaban J connectivity index is 1.91. The zero-order chi connectivity index (χ0) is 26.4. The number of hydrogen-bond donors (Lipinski definition) is 0. The Labute approximate surface area is 221 Å². The molecule has 0 spiro atoms. The lowest BCUT2D eigenvalue weighted by Crippen LogP contribution is -2.43. The number of pyridine rings is 2. The third-order valence-corrected chi connectivity index (χ3v) is 7.61. The molecule has 0 saturated heterocycles. The highest BCUT2D eigenvalue weighted by atomic mass is 15.2. The van der Waals surface area contributed by atoms with Crippen molar-refractivity contribution in [3.8, 4) is 28.6 Å². The van der Waals surface area contributed by atoms with Crippen molar-refractivity contribution in [2.24, 2.45) is 21.1 Å². The van der Waals surface area contributed by atoms with E-state index >= 15 is 0 Å². The van der Waals surface area contributed by atoms with Crippen LogP contribution in [0.1, 0.15) is 56.2 Å². The van der Waals surface area contributed by atoms with E-state index in [9.17, 15) is 0 Å². The molecule has 0 fully saturated rings. The Morgan fingerprint density at radius 1 is 0.649 bits per heavy atom. The van der Waals surface area contributed by atoms with Crippen LogP contribution in [0, 0.1) is 6.92 Å². The minimum Gasteiger partial charge on any atom is -0.220 e. The minimum absolute atomic E-state index is 0.402. The van der Waals surface area contributed by atoms with E-state index in [2.05, 4.69) is 153 Å². The monoisotopic (exact) mass is 491 g/mol. The van der Waals surface area contributed by atoms with Crippen molar-refractivity contribution in [3.05, 3.63) is 95.7 Å². The van der Waals surface area contributed by atoms with E-state index in [0.29, 0.717) is 11.8 Å². The van der Waals surface area contributed by atoms with Gasteiger partial charge < -0.3 is 0 Å². The highest BCUT2D eigenvalue weighted by Gasteiger charge is 2.36. The Bertz CT molecular complexity index is 1600. The molecule has 0 amide bonds. The maximum absolute atomic E-state index is 2.51. The van der Waals surface area contributed by atoms with Crippen LogP contribution in [0.5, 0.6) is 0 Å². The highest BCUT2D eigenvalue weighted by Crippen LogP contribution is 2.36. The van der Waals surface area contributed by atoms with E-state index < -0.39 is 0 Å². The van der Waals surface area contributed by atoms with E-state index in [1.165, 1.54) is 56.3 Å². The average molecular weight is 492 g/mol. The van der Waals surface area contributed by atoms with Gasteiger partial charge in [0.1, 0.15) is 19.8 Å². The predicted octanol–water partition coefficient (Wildman–Crippen LogP) is 5.99. The smallest absolute Gasteiger partial charge is 0.220 e. The van der Waals surface area contributed by atoms with E-state index in [0.717, 1.165) is 0 Å². The van der Waals surface area contributed by atoms with Crippen molar-refractivity contribution < 1.29 is 13.7 Å². The molecule has 0 saturated carbocycles. The molecule has 3 aromatic heterocycles. The summed E-state index contributed by atoms with van der Waals surface area (Å²) in [7, 11) is 6.50. The lowest BCUT2D eigenvalue weighted by atomic mass is 9.92. The van der Waals surface area contributed by atoms with Crippen molar-refractivity contribution in [3.63, 3.8) is 0 Å². The largest absolute Gasteiger partial charge is 0.360 e. The van der Waals surface area contributed by atoms with Crippen molar-refractivity contribution >= 4 is 11.0 Å². The van der Waals surface area contributed by atoms with Crippen LogP contribution in [0.3, 0.4) is 0 Å². The molecule has 2 aromatic carbocycles. The number of nitrogens with zero attached hydrogens (tertiary/aromatic N) is 4. The Morgan fingerprint density at radius 3 is 1.95 bits per heavy atom. The van der Waals surface area contributed by atoms with Crippen LogP contribution in [0.25, 0.3) is 39.6 Å². The van der Waals surface area contributed by atoms with Crippen LogP contribution >= 0.6 is 0 Å². The number of rotatable bonds is 5. The van der Waals surface area contributed by atoms with Gasteiger partial charge in [0.15, 0.2) is 17.2 Å². The fourth-order valence-corrected chi connectivity index (χ4v) is 5.59. The van der Waals surface area contributed by atoms with Crippen LogP contribution in [-0.4, -0.2) is 4.57 Å². The molecular formula is C33H39N4+3. The normalized spacial score (nSPS) is 11.7. The third kappa shape index (κ3) is 4.15. The van der Waals surface area contributed by atoms with E-state index in [4.69, 9.17) is 0 Å². The van der Waals surface area contributed by atoms with Gasteiger partial charge in [-0.1, -0.05) is 58.0 Å². The first-order valence-electron chi connectivity index (χ1n) is 13.3. The van der Waals surface area contributed by atoms with Crippen LogP contribution < -0.4 is 13.7 Å². The van der Waals surface area contributed by atoms with Crippen LogP contribution in [0.2, 0.25) is 0 Å². The Kier molecular flexibility index (Phi) is 6.45. The number of para-hydroxylation sites is 3. The van der Waals surface area contributed by atoms with Crippen molar-refractivity contribution in [1.82, 2.24) is 4.57 Å². The van der Waals surface area contributed by atoms with Gasteiger partial charge in [-0.3, -0.25) is 0 Å². The lowest BCUT2D eigenvalue weighted by Gasteiger charge is -2.18. The topological polar surface area (TPSA) is 16.6 Å². The van der Waals surface area contributed by atoms with Gasteiger partial charge in [0.2, 0.25) is 0 Å². The second-order valence-electron chi connectivity index (χ2n) is 10.9. The van der Waals surface area contributed by atoms with Gasteiger partial charge in [-0.05, 0) is 42.5 Å². The van der Waals surface area contributed by atoms with E-state index in [-0.39, 0.29) is 0 Å². The minimum atomic E-state index is 0.402. The Morgan fingerprint density at radius 2 is 1.27 bits per heavy atom. The summed E-state index contributed by atoms with van der Waals surface area (Å²) in [6.45, 7) is 11.3. The SMILES string of the molecule is Cc1cc[n+](C)c(-c2cccc(-c3n(-c4c(C(C)C)cccc4C(C)C)c4ccccc4[n+]3C)[n+]2C)c1. The first-order chi connectivity index (χ1) is 17.7. The second kappa shape index (κ2) is 9.59. The van der Waals surface area contributed by atoms with Crippen molar-refractivity contribution in [1.29, 1.82) is 0 Å². The molecule has 0 aliphatic carbocycles. The van der Waals surface area contributed by atoms with Crippen LogP contribution in [0.4, 0.5) is 0 Å². The summed E-state index contributed by atoms with van der Waals surface area (Å²) >= 11 is 0. The molecule has 4 heteroatoms. The molecule has 0 aliphatic rings. The molecule has 3 heterocycles. The standard InChI is InChI=1S/C33H39N4/c1-22(2)25-13-11-14-26(23(3)4)32(25)37-29-16-10-9-15-27(29)36(8)33(37)30-18-12-17-28(35(30)7)31-21-24(5)19-20-34(31)6/h9-23H,1-8H3/q+3. The lowest BCUT2D eigenvalue weighted by molar-refractivity contribution is -0.692. The molecule has 5 rings (SSSR count). The molecule has 4 nitrogen and oxygen atoms in total. The zero-order valence-corrected chi connectivity index (χ0v) is 23.4.